The van der Waals surface area contributed by atoms with Gasteiger partial charge in [0.15, 0.2) is 0 Å². The Morgan fingerprint density at radius 2 is 2.33 bits per heavy atom. The Hall–Kier alpha value is -1.84. The van der Waals surface area contributed by atoms with Crippen LogP contribution in [-0.2, 0) is 6.61 Å². The zero-order chi connectivity index (χ0) is 10.7. The van der Waals surface area contributed by atoms with Gasteiger partial charge in [0.05, 0.1) is 6.20 Å². The van der Waals surface area contributed by atoms with E-state index in [1.54, 1.807) is 25.3 Å². The number of benzene rings is 1. The second-order valence-corrected chi connectivity index (χ2v) is 3.23. The molecule has 4 heteroatoms. The van der Waals surface area contributed by atoms with Crippen molar-refractivity contribution in [3.63, 3.8) is 0 Å². The van der Waals surface area contributed by atoms with Crippen molar-refractivity contribution < 1.29 is 13.7 Å². The topological polar surface area (TPSA) is 35.3 Å². The summed E-state index contributed by atoms with van der Waals surface area (Å²) in [7, 11) is 0. The van der Waals surface area contributed by atoms with Crippen molar-refractivity contribution in [2.45, 2.75) is 13.5 Å². The molecule has 0 aliphatic carbocycles. The van der Waals surface area contributed by atoms with Crippen LogP contribution in [0.4, 0.5) is 4.39 Å². The molecule has 0 bridgehead atoms. The molecule has 0 fully saturated rings. The molecule has 0 spiro atoms. The van der Waals surface area contributed by atoms with Crippen LogP contribution in [0.5, 0.6) is 5.75 Å². The molecule has 0 saturated carbocycles. The molecule has 1 heterocycles. The first-order valence-electron chi connectivity index (χ1n) is 4.53. The number of nitrogens with zero attached hydrogens (tertiary/aromatic N) is 1. The minimum Gasteiger partial charge on any atom is -0.489 e. The monoisotopic (exact) mass is 207 g/mol. The van der Waals surface area contributed by atoms with Crippen molar-refractivity contribution in [1.82, 2.24) is 5.16 Å². The van der Waals surface area contributed by atoms with Crippen molar-refractivity contribution >= 4 is 0 Å². The van der Waals surface area contributed by atoms with Gasteiger partial charge in [-0.05, 0) is 30.7 Å². The van der Waals surface area contributed by atoms with Crippen LogP contribution in [0.2, 0.25) is 0 Å². The van der Waals surface area contributed by atoms with Gasteiger partial charge in [0.25, 0.3) is 0 Å². The van der Waals surface area contributed by atoms with Gasteiger partial charge in [0, 0.05) is 5.56 Å². The molecule has 0 aliphatic rings. The highest BCUT2D eigenvalue weighted by molar-refractivity contribution is 5.28. The number of ether oxygens (including phenoxy) is 1. The number of hydrogen-bond acceptors (Lipinski definition) is 3. The average Bonchev–Trinajstić information content (AvgIpc) is 2.73. The van der Waals surface area contributed by atoms with Crippen LogP contribution < -0.4 is 4.74 Å². The molecule has 2 aromatic rings. The molecule has 0 unspecified atom stereocenters. The first kappa shape index (κ1) is 9.71. The molecular weight excluding hydrogens is 197 g/mol. The molecule has 78 valence electrons. The van der Waals surface area contributed by atoms with Crippen LogP contribution in [0.25, 0.3) is 0 Å². The molecule has 15 heavy (non-hydrogen) atoms. The first-order valence-corrected chi connectivity index (χ1v) is 4.53. The third-order valence-corrected chi connectivity index (χ3v) is 2.02. The maximum absolute atomic E-state index is 12.9. The summed E-state index contributed by atoms with van der Waals surface area (Å²) in [6.45, 7) is 2.07. The van der Waals surface area contributed by atoms with E-state index in [0.29, 0.717) is 17.9 Å². The van der Waals surface area contributed by atoms with Gasteiger partial charge in [-0.1, -0.05) is 5.16 Å². The Morgan fingerprint density at radius 3 is 3.00 bits per heavy atom. The lowest BCUT2D eigenvalue weighted by Crippen LogP contribution is -1.94. The highest BCUT2D eigenvalue weighted by atomic mass is 19.1. The molecule has 0 amide bonds. The predicted molar refractivity (Wildman–Crippen MR) is 52.0 cm³/mol. The van der Waals surface area contributed by atoms with Crippen LogP contribution in [0.15, 0.2) is 35.2 Å². The molecule has 0 N–H and O–H groups in total. The molecular formula is C11H10FNO2. The summed E-state index contributed by atoms with van der Waals surface area (Å²) in [5.74, 6) is 0.405. The average molecular weight is 207 g/mol. The maximum atomic E-state index is 12.9. The quantitative estimate of drug-likeness (QED) is 0.776. The molecule has 3 nitrogen and oxygen atoms in total. The normalized spacial score (nSPS) is 10.3. The van der Waals surface area contributed by atoms with E-state index in [1.807, 2.05) is 0 Å². The Morgan fingerprint density at radius 1 is 1.47 bits per heavy atom. The van der Waals surface area contributed by atoms with Crippen molar-refractivity contribution in [1.29, 1.82) is 0 Å². The summed E-state index contributed by atoms with van der Waals surface area (Å²) < 4.78 is 23.0. The van der Waals surface area contributed by atoms with E-state index in [0.717, 1.165) is 5.56 Å². The Bertz CT molecular complexity index is 440. The van der Waals surface area contributed by atoms with Crippen LogP contribution >= 0.6 is 0 Å². The van der Waals surface area contributed by atoms with E-state index < -0.39 is 0 Å². The van der Waals surface area contributed by atoms with Crippen LogP contribution in [0.3, 0.4) is 0 Å². The molecule has 0 aliphatic heterocycles. The van der Waals surface area contributed by atoms with Gasteiger partial charge in [0.2, 0.25) is 0 Å². The fraction of sp³-hybridized carbons (Fsp3) is 0.182. The number of hydrogen-bond donors (Lipinski definition) is 0. The summed E-state index contributed by atoms with van der Waals surface area (Å²) in [4.78, 5) is 0. The third-order valence-electron chi connectivity index (χ3n) is 2.02. The smallest absolute Gasteiger partial charge is 0.130 e. The fourth-order valence-electron chi connectivity index (χ4n) is 1.17. The van der Waals surface area contributed by atoms with Gasteiger partial charge in [-0.25, -0.2) is 4.39 Å². The summed E-state index contributed by atoms with van der Waals surface area (Å²) >= 11 is 0. The van der Waals surface area contributed by atoms with E-state index in [9.17, 15) is 4.39 Å². The van der Waals surface area contributed by atoms with Gasteiger partial charge in [-0.15, -0.1) is 0 Å². The molecule has 0 atom stereocenters. The van der Waals surface area contributed by atoms with Crippen molar-refractivity contribution in [2.24, 2.45) is 0 Å². The first-order chi connectivity index (χ1) is 7.25. The zero-order valence-electron chi connectivity index (χ0n) is 8.24. The lowest BCUT2D eigenvalue weighted by Gasteiger charge is -2.05. The van der Waals surface area contributed by atoms with E-state index >= 15 is 0 Å². The second-order valence-electron chi connectivity index (χ2n) is 3.23. The SMILES string of the molecule is Cc1cc(OCc2cnoc2)ccc1F. The van der Waals surface area contributed by atoms with Crippen LogP contribution in [0, 0.1) is 12.7 Å². The highest BCUT2D eigenvalue weighted by Gasteiger charge is 2.01. The summed E-state index contributed by atoms with van der Waals surface area (Å²) in [5.41, 5.74) is 1.41. The summed E-state index contributed by atoms with van der Waals surface area (Å²) in [6, 6.07) is 4.64. The van der Waals surface area contributed by atoms with Gasteiger partial charge in [0.1, 0.15) is 24.4 Å². The minimum absolute atomic E-state index is 0.229. The minimum atomic E-state index is -0.229. The van der Waals surface area contributed by atoms with Crippen molar-refractivity contribution in [2.75, 3.05) is 0 Å². The van der Waals surface area contributed by atoms with Crippen molar-refractivity contribution in [3.05, 3.63) is 47.6 Å². The van der Waals surface area contributed by atoms with E-state index in [2.05, 4.69) is 9.68 Å². The van der Waals surface area contributed by atoms with Crippen molar-refractivity contribution in [3.8, 4) is 5.75 Å². The van der Waals surface area contributed by atoms with Gasteiger partial charge in [-0.3, -0.25) is 0 Å². The molecule has 1 aromatic carbocycles. The lowest BCUT2D eigenvalue weighted by atomic mass is 10.2. The van der Waals surface area contributed by atoms with Crippen LogP contribution in [-0.4, -0.2) is 5.16 Å². The molecule has 0 saturated heterocycles. The number of rotatable bonds is 3. The van der Waals surface area contributed by atoms with Gasteiger partial charge in [-0.2, -0.15) is 0 Å². The Labute approximate surface area is 86.5 Å². The molecule has 2 rings (SSSR count). The Kier molecular flexibility index (Phi) is 2.67. The highest BCUT2D eigenvalue weighted by Crippen LogP contribution is 2.17. The molecule has 0 radical (unpaired) electrons. The van der Waals surface area contributed by atoms with E-state index in [-0.39, 0.29) is 5.82 Å². The summed E-state index contributed by atoms with van der Waals surface area (Å²) in [6.07, 6.45) is 3.09. The number of halogens is 1. The largest absolute Gasteiger partial charge is 0.489 e. The van der Waals surface area contributed by atoms with E-state index in [4.69, 9.17) is 4.74 Å². The number of aromatic nitrogens is 1. The third kappa shape index (κ3) is 2.34. The fourth-order valence-corrected chi connectivity index (χ4v) is 1.17. The second kappa shape index (κ2) is 4.13. The zero-order valence-corrected chi connectivity index (χ0v) is 8.24. The summed E-state index contributed by atoms with van der Waals surface area (Å²) in [5, 5.41) is 3.55. The predicted octanol–water partition coefficient (Wildman–Crippen LogP) is 2.70. The molecule has 1 aromatic heterocycles. The number of aryl methyl sites for hydroxylation is 1. The van der Waals surface area contributed by atoms with Crippen LogP contribution in [0.1, 0.15) is 11.1 Å². The van der Waals surface area contributed by atoms with E-state index in [1.165, 1.54) is 12.3 Å². The lowest BCUT2D eigenvalue weighted by molar-refractivity contribution is 0.303. The van der Waals surface area contributed by atoms with Gasteiger partial charge < -0.3 is 9.26 Å². The maximum Gasteiger partial charge on any atom is 0.130 e. The Balaban J connectivity index is 2.02. The van der Waals surface area contributed by atoms with Gasteiger partial charge >= 0.3 is 0 Å². The standard InChI is InChI=1S/C11H10FNO2/c1-8-4-10(2-3-11(8)12)14-6-9-5-13-15-7-9/h2-5,7H,6H2,1H3.